The summed E-state index contributed by atoms with van der Waals surface area (Å²) in [5.41, 5.74) is 10.7. The van der Waals surface area contributed by atoms with Gasteiger partial charge in [-0.05, 0) is 31.5 Å². The van der Waals surface area contributed by atoms with Gasteiger partial charge in [-0.15, -0.1) is 0 Å². The first-order chi connectivity index (χ1) is 10.1. The largest absolute Gasteiger partial charge is 0.383 e. The summed E-state index contributed by atoms with van der Waals surface area (Å²) in [4.78, 5) is 13.4. The maximum Gasteiger partial charge on any atom is 0.180 e. The van der Waals surface area contributed by atoms with Crippen LogP contribution in [-0.4, -0.2) is 15.0 Å². The van der Waals surface area contributed by atoms with E-state index >= 15 is 0 Å². The van der Waals surface area contributed by atoms with Gasteiger partial charge >= 0.3 is 0 Å². The Balaban J connectivity index is 2.19. The number of aryl methyl sites for hydroxylation is 1. The van der Waals surface area contributed by atoms with E-state index in [1.165, 1.54) is 0 Å². The van der Waals surface area contributed by atoms with Crippen LogP contribution in [0.4, 0.5) is 5.82 Å². The number of nitrogens with two attached hydrogens (primary N) is 1. The van der Waals surface area contributed by atoms with Crippen LogP contribution in [0, 0.1) is 13.8 Å². The first kappa shape index (κ1) is 13.2. The van der Waals surface area contributed by atoms with E-state index < -0.39 is 0 Å². The summed E-state index contributed by atoms with van der Waals surface area (Å²) in [6.45, 7) is 3.95. The SMILES string of the molecule is Cc1ccnc(-c2nc(N)c(C)c(-c3ccccc3)n2)c1. The first-order valence-corrected chi connectivity index (χ1v) is 6.77. The fraction of sp³-hybridized carbons (Fsp3) is 0.118. The normalized spacial score (nSPS) is 10.6. The van der Waals surface area contributed by atoms with Crippen molar-refractivity contribution in [2.24, 2.45) is 0 Å². The van der Waals surface area contributed by atoms with Crippen molar-refractivity contribution in [1.82, 2.24) is 15.0 Å². The summed E-state index contributed by atoms with van der Waals surface area (Å²) in [5.74, 6) is 1.04. The Kier molecular flexibility index (Phi) is 3.36. The molecule has 3 rings (SSSR count). The Labute approximate surface area is 123 Å². The number of aromatic nitrogens is 3. The summed E-state index contributed by atoms with van der Waals surface area (Å²) in [6, 6.07) is 13.9. The molecule has 21 heavy (non-hydrogen) atoms. The summed E-state index contributed by atoms with van der Waals surface area (Å²) < 4.78 is 0. The number of pyridine rings is 1. The van der Waals surface area contributed by atoms with Crippen LogP contribution in [0.2, 0.25) is 0 Å². The highest BCUT2D eigenvalue weighted by molar-refractivity contribution is 5.70. The molecule has 0 amide bonds. The number of anilines is 1. The third-order valence-electron chi connectivity index (χ3n) is 3.38. The van der Waals surface area contributed by atoms with Gasteiger partial charge in [0.1, 0.15) is 11.5 Å². The van der Waals surface area contributed by atoms with Gasteiger partial charge in [0.2, 0.25) is 0 Å². The predicted octanol–water partition coefficient (Wildman–Crippen LogP) is 3.40. The van der Waals surface area contributed by atoms with Crippen LogP contribution >= 0.6 is 0 Å². The summed E-state index contributed by atoms with van der Waals surface area (Å²) >= 11 is 0. The van der Waals surface area contributed by atoms with Crippen LogP contribution in [0.15, 0.2) is 48.7 Å². The summed E-state index contributed by atoms with van der Waals surface area (Å²) in [5, 5.41) is 0. The van der Waals surface area contributed by atoms with E-state index in [9.17, 15) is 0 Å². The first-order valence-electron chi connectivity index (χ1n) is 6.77. The Morgan fingerprint density at radius 3 is 2.43 bits per heavy atom. The number of nitrogen functional groups attached to an aromatic ring is 1. The van der Waals surface area contributed by atoms with Crippen LogP contribution in [0.5, 0.6) is 0 Å². The molecule has 2 heterocycles. The number of rotatable bonds is 2. The number of nitrogens with zero attached hydrogens (tertiary/aromatic N) is 3. The lowest BCUT2D eigenvalue weighted by Crippen LogP contribution is -2.03. The lowest BCUT2D eigenvalue weighted by atomic mass is 10.1. The van der Waals surface area contributed by atoms with Gasteiger partial charge in [0.15, 0.2) is 5.82 Å². The van der Waals surface area contributed by atoms with Crippen molar-refractivity contribution < 1.29 is 0 Å². The second kappa shape index (κ2) is 5.32. The average Bonchev–Trinajstić information content (AvgIpc) is 2.51. The molecule has 0 aliphatic carbocycles. The fourth-order valence-corrected chi connectivity index (χ4v) is 2.18. The highest BCUT2D eigenvalue weighted by atomic mass is 15.0. The average molecular weight is 276 g/mol. The second-order valence-corrected chi connectivity index (χ2v) is 4.99. The van der Waals surface area contributed by atoms with Gasteiger partial charge in [0.25, 0.3) is 0 Å². The minimum Gasteiger partial charge on any atom is -0.383 e. The Bertz CT molecular complexity index is 782. The molecule has 0 unspecified atom stereocenters. The molecule has 2 aromatic heterocycles. The molecule has 0 atom stereocenters. The molecule has 3 aromatic rings. The number of hydrogen-bond donors (Lipinski definition) is 1. The monoisotopic (exact) mass is 276 g/mol. The van der Waals surface area contributed by atoms with Crippen molar-refractivity contribution in [2.75, 3.05) is 5.73 Å². The smallest absolute Gasteiger partial charge is 0.180 e. The molecule has 0 aliphatic heterocycles. The van der Waals surface area contributed by atoms with E-state index in [2.05, 4.69) is 15.0 Å². The molecule has 0 fully saturated rings. The van der Waals surface area contributed by atoms with Gasteiger partial charge in [-0.1, -0.05) is 30.3 Å². The van der Waals surface area contributed by atoms with Gasteiger partial charge in [-0.25, -0.2) is 9.97 Å². The van der Waals surface area contributed by atoms with E-state index in [1.807, 2.05) is 56.3 Å². The van der Waals surface area contributed by atoms with Crippen molar-refractivity contribution in [1.29, 1.82) is 0 Å². The predicted molar refractivity (Wildman–Crippen MR) is 84.6 cm³/mol. The fourth-order valence-electron chi connectivity index (χ4n) is 2.18. The van der Waals surface area contributed by atoms with E-state index in [1.54, 1.807) is 6.20 Å². The molecule has 1 aromatic carbocycles. The van der Waals surface area contributed by atoms with E-state index in [0.29, 0.717) is 11.6 Å². The van der Waals surface area contributed by atoms with Crippen LogP contribution in [0.25, 0.3) is 22.8 Å². The molecule has 2 N–H and O–H groups in total. The molecular weight excluding hydrogens is 260 g/mol. The summed E-state index contributed by atoms with van der Waals surface area (Å²) in [6.07, 6.45) is 1.76. The highest BCUT2D eigenvalue weighted by Gasteiger charge is 2.12. The Hall–Kier alpha value is -2.75. The van der Waals surface area contributed by atoms with Crippen LogP contribution < -0.4 is 5.73 Å². The van der Waals surface area contributed by atoms with Crippen molar-refractivity contribution in [3.63, 3.8) is 0 Å². The topological polar surface area (TPSA) is 64.7 Å². The summed E-state index contributed by atoms with van der Waals surface area (Å²) in [7, 11) is 0. The van der Waals surface area contributed by atoms with Gasteiger partial charge in [-0.2, -0.15) is 0 Å². The lowest BCUT2D eigenvalue weighted by molar-refractivity contribution is 1.12. The van der Waals surface area contributed by atoms with E-state index in [4.69, 9.17) is 5.73 Å². The maximum atomic E-state index is 6.06. The van der Waals surface area contributed by atoms with Crippen LogP contribution in [0.3, 0.4) is 0 Å². The van der Waals surface area contributed by atoms with Crippen molar-refractivity contribution in [3.8, 4) is 22.8 Å². The number of hydrogen-bond acceptors (Lipinski definition) is 4. The molecular formula is C17H16N4. The zero-order valence-corrected chi connectivity index (χ0v) is 12.0. The molecule has 0 spiro atoms. The van der Waals surface area contributed by atoms with Crippen molar-refractivity contribution >= 4 is 5.82 Å². The maximum absolute atomic E-state index is 6.06. The van der Waals surface area contributed by atoms with Gasteiger partial charge < -0.3 is 5.73 Å². The van der Waals surface area contributed by atoms with Crippen molar-refractivity contribution in [2.45, 2.75) is 13.8 Å². The standard InChI is InChI=1S/C17H16N4/c1-11-8-9-19-14(10-11)17-20-15(12(2)16(18)21-17)13-6-4-3-5-7-13/h3-10H,1-2H3,(H2,18,20,21). The molecule has 104 valence electrons. The van der Waals surface area contributed by atoms with E-state index in [0.717, 1.165) is 28.1 Å². The van der Waals surface area contributed by atoms with Crippen molar-refractivity contribution in [3.05, 3.63) is 59.8 Å². The van der Waals surface area contributed by atoms with Gasteiger partial charge in [0.05, 0.1) is 5.69 Å². The highest BCUT2D eigenvalue weighted by Crippen LogP contribution is 2.26. The molecule has 0 saturated heterocycles. The minimum atomic E-state index is 0.488. The zero-order valence-electron chi connectivity index (χ0n) is 12.0. The quantitative estimate of drug-likeness (QED) is 0.779. The third-order valence-corrected chi connectivity index (χ3v) is 3.38. The Morgan fingerprint density at radius 2 is 1.71 bits per heavy atom. The third kappa shape index (κ3) is 2.60. The van der Waals surface area contributed by atoms with Crippen LogP contribution in [0.1, 0.15) is 11.1 Å². The van der Waals surface area contributed by atoms with Gasteiger partial charge in [0, 0.05) is 17.3 Å². The zero-order chi connectivity index (χ0) is 14.8. The molecule has 0 saturated carbocycles. The second-order valence-electron chi connectivity index (χ2n) is 4.99. The van der Waals surface area contributed by atoms with Gasteiger partial charge in [-0.3, -0.25) is 4.98 Å². The molecule has 4 heteroatoms. The molecule has 4 nitrogen and oxygen atoms in total. The molecule has 0 radical (unpaired) electrons. The van der Waals surface area contributed by atoms with Crippen LogP contribution in [-0.2, 0) is 0 Å². The Morgan fingerprint density at radius 1 is 0.952 bits per heavy atom. The number of benzene rings is 1. The molecule has 0 aliphatic rings. The molecule has 0 bridgehead atoms. The lowest BCUT2D eigenvalue weighted by Gasteiger charge is -2.10. The van der Waals surface area contributed by atoms with E-state index in [-0.39, 0.29) is 0 Å². The minimum absolute atomic E-state index is 0.488.